The SMILES string of the molecule is Cl.N#Cc1ccc([C@@H](N)[C@H](N)c2ccc(C#N)cc2)cc1. The lowest BCUT2D eigenvalue weighted by molar-refractivity contribution is 0.574. The van der Waals surface area contributed by atoms with E-state index in [2.05, 4.69) is 12.1 Å². The second-order valence-corrected chi connectivity index (χ2v) is 4.52. The van der Waals surface area contributed by atoms with Crippen molar-refractivity contribution in [2.24, 2.45) is 11.5 Å². The van der Waals surface area contributed by atoms with Crippen molar-refractivity contribution in [2.75, 3.05) is 0 Å². The number of halogens is 1. The lowest BCUT2D eigenvalue weighted by Crippen LogP contribution is -2.26. The molecule has 0 spiro atoms. The normalized spacial score (nSPS) is 12.4. The summed E-state index contributed by atoms with van der Waals surface area (Å²) in [6.45, 7) is 0. The fraction of sp³-hybridized carbons (Fsp3) is 0.125. The molecule has 0 aliphatic heterocycles. The number of nitriles is 2. The summed E-state index contributed by atoms with van der Waals surface area (Å²) in [5.74, 6) is 0. The zero-order chi connectivity index (χ0) is 14.5. The molecule has 21 heavy (non-hydrogen) atoms. The van der Waals surface area contributed by atoms with Gasteiger partial charge in [-0.15, -0.1) is 12.4 Å². The molecule has 0 saturated heterocycles. The van der Waals surface area contributed by atoms with Gasteiger partial charge in [0.25, 0.3) is 0 Å². The summed E-state index contributed by atoms with van der Waals surface area (Å²) in [5, 5.41) is 17.5. The third-order valence-electron chi connectivity index (χ3n) is 3.24. The van der Waals surface area contributed by atoms with Gasteiger partial charge in [0.2, 0.25) is 0 Å². The zero-order valence-electron chi connectivity index (χ0n) is 11.2. The standard InChI is InChI=1S/C16H14N4.ClH/c17-9-11-1-5-13(6-2-11)15(19)16(20)14-7-3-12(10-18)4-8-14;/h1-8,15-16H,19-20H2;1H/t15-,16-;/m1./s1. The van der Waals surface area contributed by atoms with Gasteiger partial charge in [-0.05, 0) is 35.4 Å². The lowest BCUT2D eigenvalue weighted by Gasteiger charge is -2.20. The van der Waals surface area contributed by atoms with E-state index in [1.165, 1.54) is 0 Å². The maximum Gasteiger partial charge on any atom is 0.0991 e. The molecule has 0 fully saturated rings. The molecule has 2 rings (SSSR count). The van der Waals surface area contributed by atoms with Gasteiger partial charge in [0.1, 0.15) is 0 Å². The minimum absolute atomic E-state index is 0. The third kappa shape index (κ3) is 3.81. The fourth-order valence-electron chi connectivity index (χ4n) is 1.97. The Bertz CT molecular complexity index is 604. The van der Waals surface area contributed by atoms with E-state index in [1.54, 1.807) is 24.3 Å². The average molecular weight is 299 g/mol. The van der Waals surface area contributed by atoms with Crippen LogP contribution in [0.25, 0.3) is 0 Å². The van der Waals surface area contributed by atoms with Gasteiger partial charge in [-0.2, -0.15) is 10.5 Å². The van der Waals surface area contributed by atoms with Crippen LogP contribution in [0, 0.1) is 22.7 Å². The number of rotatable bonds is 3. The Morgan fingerprint density at radius 3 is 1.19 bits per heavy atom. The van der Waals surface area contributed by atoms with Crippen LogP contribution < -0.4 is 11.5 Å². The van der Waals surface area contributed by atoms with Crippen molar-refractivity contribution in [1.82, 2.24) is 0 Å². The second-order valence-electron chi connectivity index (χ2n) is 4.52. The summed E-state index contributed by atoms with van der Waals surface area (Å²) >= 11 is 0. The Morgan fingerprint density at radius 1 is 0.667 bits per heavy atom. The van der Waals surface area contributed by atoms with E-state index in [1.807, 2.05) is 24.3 Å². The van der Waals surface area contributed by atoms with Gasteiger partial charge in [-0.25, -0.2) is 0 Å². The minimum Gasteiger partial charge on any atom is -0.322 e. The molecule has 0 unspecified atom stereocenters. The molecular weight excluding hydrogens is 284 g/mol. The van der Waals surface area contributed by atoms with Crippen molar-refractivity contribution in [2.45, 2.75) is 12.1 Å². The fourth-order valence-corrected chi connectivity index (χ4v) is 1.97. The molecule has 5 heteroatoms. The van der Waals surface area contributed by atoms with E-state index in [4.69, 9.17) is 22.0 Å². The summed E-state index contributed by atoms with van der Waals surface area (Å²) in [6, 6.07) is 17.5. The Balaban J connectivity index is 0.00000220. The van der Waals surface area contributed by atoms with Gasteiger partial charge >= 0.3 is 0 Å². The van der Waals surface area contributed by atoms with E-state index in [0.717, 1.165) is 11.1 Å². The van der Waals surface area contributed by atoms with Crippen molar-refractivity contribution < 1.29 is 0 Å². The minimum atomic E-state index is -0.365. The second kappa shape index (κ2) is 7.42. The quantitative estimate of drug-likeness (QED) is 0.909. The summed E-state index contributed by atoms with van der Waals surface area (Å²) in [6.07, 6.45) is 0. The molecule has 106 valence electrons. The van der Waals surface area contributed by atoms with Crippen molar-refractivity contribution in [1.29, 1.82) is 10.5 Å². The summed E-state index contributed by atoms with van der Waals surface area (Å²) in [5.41, 5.74) is 15.3. The molecule has 0 aromatic heterocycles. The summed E-state index contributed by atoms with van der Waals surface area (Å²) in [4.78, 5) is 0. The first-order valence-electron chi connectivity index (χ1n) is 6.17. The highest BCUT2D eigenvalue weighted by Crippen LogP contribution is 2.25. The van der Waals surface area contributed by atoms with E-state index in [9.17, 15) is 0 Å². The number of benzene rings is 2. The van der Waals surface area contributed by atoms with Gasteiger partial charge in [0.15, 0.2) is 0 Å². The highest BCUT2D eigenvalue weighted by Gasteiger charge is 2.17. The highest BCUT2D eigenvalue weighted by atomic mass is 35.5. The molecular formula is C16H15ClN4. The molecule has 4 nitrogen and oxygen atoms in total. The van der Waals surface area contributed by atoms with Crippen LogP contribution >= 0.6 is 12.4 Å². The first kappa shape index (κ1) is 16.7. The Morgan fingerprint density at radius 2 is 0.952 bits per heavy atom. The predicted molar refractivity (Wildman–Crippen MR) is 83.4 cm³/mol. The van der Waals surface area contributed by atoms with Crippen LogP contribution in [-0.4, -0.2) is 0 Å². The maximum atomic E-state index is 8.77. The van der Waals surface area contributed by atoms with Crippen molar-refractivity contribution in [3.8, 4) is 12.1 Å². The Labute approximate surface area is 130 Å². The topological polar surface area (TPSA) is 99.6 Å². The highest BCUT2D eigenvalue weighted by molar-refractivity contribution is 5.85. The van der Waals surface area contributed by atoms with E-state index in [0.29, 0.717) is 11.1 Å². The van der Waals surface area contributed by atoms with Crippen LogP contribution in [0.5, 0.6) is 0 Å². The van der Waals surface area contributed by atoms with Gasteiger partial charge < -0.3 is 11.5 Å². The first-order chi connectivity index (χ1) is 9.65. The molecule has 2 atom stereocenters. The van der Waals surface area contributed by atoms with Gasteiger partial charge in [0, 0.05) is 12.1 Å². The Kier molecular flexibility index (Phi) is 5.90. The van der Waals surface area contributed by atoms with Crippen molar-refractivity contribution >= 4 is 12.4 Å². The third-order valence-corrected chi connectivity index (χ3v) is 3.24. The molecule has 0 radical (unpaired) electrons. The van der Waals surface area contributed by atoms with Crippen LogP contribution in [0.15, 0.2) is 48.5 Å². The molecule has 0 saturated carbocycles. The number of hydrogen-bond acceptors (Lipinski definition) is 4. The van der Waals surface area contributed by atoms with E-state index >= 15 is 0 Å². The van der Waals surface area contributed by atoms with E-state index < -0.39 is 0 Å². The molecule has 0 aliphatic rings. The maximum absolute atomic E-state index is 8.77. The number of hydrogen-bond donors (Lipinski definition) is 2. The molecule has 2 aromatic carbocycles. The van der Waals surface area contributed by atoms with Crippen LogP contribution in [0.1, 0.15) is 34.3 Å². The molecule has 0 amide bonds. The predicted octanol–water partition coefficient (Wildman–Crippen LogP) is 2.55. The van der Waals surface area contributed by atoms with Crippen LogP contribution in [0.4, 0.5) is 0 Å². The molecule has 0 bridgehead atoms. The molecule has 2 aromatic rings. The molecule has 4 N–H and O–H groups in total. The van der Waals surface area contributed by atoms with Crippen LogP contribution in [0.3, 0.4) is 0 Å². The molecule has 0 heterocycles. The van der Waals surface area contributed by atoms with Gasteiger partial charge in [0.05, 0.1) is 23.3 Å². The van der Waals surface area contributed by atoms with Crippen molar-refractivity contribution in [3.63, 3.8) is 0 Å². The van der Waals surface area contributed by atoms with Crippen molar-refractivity contribution in [3.05, 3.63) is 70.8 Å². The smallest absolute Gasteiger partial charge is 0.0991 e. The number of nitrogens with zero attached hydrogens (tertiary/aromatic N) is 2. The van der Waals surface area contributed by atoms with Crippen LogP contribution in [0.2, 0.25) is 0 Å². The van der Waals surface area contributed by atoms with E-state index in [-0.39, 0.29) is 24.5 Å². The summed E-state index contributed by atoms with van der Waals surface area (Å²) in [7, 11) is 0. The number of nitrogens with two attached hydrogens (primary N) is 2. The van der Waals surface area contributed by atoms with Crippen LogP contribution in [-0.2, 0) is 0 Å². The average Bonchev–Trinajstić information content (AvgIpc) is 2.53. The lowest BCUT2D eigenvalue weighted by atomic mass is 9.94. The zero-order valence-corrected chi connectivity index (χ0v) is 12.0. The molecule has 0 aliphatic carbocycles. The van der Waals surface area contributed by atoms with Gasteiger partial charge in [-0.1, -0.05) is 24.3 Å². The Hall–Kier alpha value is -2.37. The largest absolute Gasteiger partial charge is 0.322 e. The first-order valence-corrected chi connectivity index (χ1v) is 6.17. The summed E-state index contributed by atoms with van der Waals surface area (Å²) < 4.78 is 0. The monoisotopic (exact) mass is 298 g/mol. The van der Waals surface area contributed by atoms with Gasteiger partial charge in [-0.3, -0.25) is 0 Å².